The van der Waals surface area contributed by atoms with Crippen LogP contribution < -0.4 is 10.5 Å². The molecule has 2 rings (SSSR count). The average molecular weight is 474 g/mol. The van der Waals surface area contributed by atoms with Gasteiger partial charge in [-0.3, -0.25) is 4.79 Å². The number of amides is 1. The average Bonchev–Trinajstić information content (AvgIpc) is 2.55. The van der Waals surface area contributed by atoms with E-state index in [1.165, 1.54) is 56.6 Å². The first-order chi connectivity index (χ1) is 11.6. The molecule has 0 heterocycles. The molecule has 7 nitrogen and oxygen atoms in total. The Kier molecular flexibility index (Phi) is 5.80. The van der Waals surface area contributed by atoms with Crippen LogP contribution in [0.4, 0.5) is 0 Å². The van der Waals surface area contributed by atoms with Gasteiger partial charge in [-0.2, -0.15) is 0 Å². The molecule has 0 aliphatic rings. The number of rotatable bonds is 5. The number of hydrogen-bond acceptors (Lipinski definition) is 5. The zero-order chi connectivity index (χ0) is 18.8. The molecule has 9 heteroatoms. The van der Waals surface area contributed by atoms with Crippen LogP contribution in [0.25, 0.3) is 0 Å². The van der Waals surface area contributed by atoms with E-state index in [-0.39, 0.29) is 21.8 Å². The molecule has 0 saturated heterocycles. The van der Waals surface area contributed by atoms with Crippen molar-refractivity contribution in [2.45, 2.75) is 4.90 Å². The van der Waals surface area contributed by atoms with Gasteiger partial charge in [0, 0.05) is 23.2 Å². The van der Waals surface area contributed by atoms with Gasteiger partial charge in [-0.05, 0) is 59.0 Å². The van der Waals surface area contributed by atoms with Crippen molar-refractivity contribution < 1.29 is 22.7 Å². The fourth-order valence-corrected chi connectivity index (χ4v) is 3.39. The molecular weight excluding hydrogens is 459 g/mol. The predicted octanol–water partition coefficient (Wildman–Crippen LogP) is 1.86. The molecular formula is C16H15IN2O5S. The van der Waals surface area contributed by atoms with Crippen molar-refractivity contribution in [3.8, 4) is 5.75 Å². The van der Waals surface area contributed by atoms with Crippen molar-refractivity contribution >= 4 is 44.5 Å². The maximum Gasteiger partial charge on any atom is 0.344 e. The van der Waals surface area contributed by atoms with E-state index in [1.54, 1.807) is 0 Å². The van der Waals surface area contributed by atoms with Crippen LogP contribution in [-0.2, 0) is 10.0 Å². The number of primary amides is 1. The van der Waals surface area contributed by atoms with Gasteiger partial charge in [-0.25, -0.2) is 17.5 Å². The summed E-state index contributed by atoms with van der Waals surface area (Å²) in [7, 11) is -0.873. The molecule has 0 saturated carbocycles. The molecule has 0 aliphatic carbocycles. The standard InChI is InChI=1S/C16H15IN2O5S/c1-19(2)25(22,23)12-6-7-14(17)13(9-12)16(21)24-11-5-3-4-10(8-11)15(18)20/h3-9H,1-2H3,(H2,18,20). The number of carbonyl (C=O) groups excluding carboxylic acids is 2. The number of esters is 1. The Hall–Kier alpha value is -1.98. The number of hydrogen-bond donors (Lipinski definition) is 1. The summed E-state index contributed by atoms with van der Waals surface area (Å²) in [5.41, 5.74) is 5.50. The minimum atomic E-state index is -3.68. The van der Waals surface area contributed by atoms with Crippen molar-refractivity contribution in [1.29, 1.82) is 0 Å². The number of carbonyl (C=O) groups is 2. The lowest BCUT2D eigenvalue weighted by Crippen LogP contribution is -2.23. The van der Waals surface area contributed by atoms with E-state index in [9.17, 15) is 18.0 Å². The Labute approximate surface area is 159 Å². The SMILES string of the molecule is CN(C)S(=O)(=O)c1ccc(I)c(C(=O)Oc2cccc(C(N)=O)c2)c1. The van der Waals surface area contributed by atoms with E-state index in [4.69, 9.17) is 10.5 Å². The summed E-state index contributed by atoms with van der Waals surface area (Å²) in [6.45, 7) is 0. The summed E-state index contributed by atoms with van der Waals surface area (Å²) in [4.78, 5) is 23.6. The molecule has 0 bridgehead atoms. The first-order valence-electron chi connectivity index (χ1n) is 6.97. The van der Waals surface area contributed by atoms with Crippen LogP contribution in [0.2, 0.25) is 0 Å². The molecule has 0 spiro atoms. The van der Waals surface area contributed by atoms with E-state index >= 15 is 0 Å². The fraction of sp³-hybridized carbons (Fsp3) is 0.125. The Balaban J connectivity index is 2.37. The number of nitrogens with two attached hydrogens (primary N) is 1. The van der Waals surface area contributed by atoms with Gasteiger partial charge in [0.25, 0.3) is 0 Å². The third kappa shape index (κ3) is 4.35. The second kappa shape index (κ2) is 7.50. The zero-order valence-electron chi connectivity index (χ0n) is 13.4. The predicted molar refractivity (Wildman–Crippen MR) is 100.0 cm³/mol. The monoisotopic (exact) mass is 474 g/mol. The molecule has 2 aromatic carbocycles. The topological polar surface area (TPSA) is 107 Å². The fourth-order valence-electron chi connectivity index (χ4n) is 1.91. The van der Waals surface area contributed by atoms with E-state index in [0.29, 0.717) is 3.57 Å². The number of sulfonamides is 1. The van der Waals surface area contributed by atoms with Crippen molar-refractivity contribution in [3.05, 3.63) is 57.2 Å². The van der Waals surface area contributed by atoms with Gasteiger partial charge in [0.1, 0.15) is 5.75 Å². The molecule has 2 aromatic rings. The van der Waals surface area contributed by atoms with Crippen LogP contribution in [0.5, 0.6) is 5.75 Å². The van der Waals surface area contributed by atoms with Crippen LogP contribution in [0.1, 0.15) is 20.7 Å². The van der Waals surface area contributed by atoms with Crippen molar-refractivity contribution in [2.24, 2.45) is 5.73 Å². The zero-order valence-corrected chi connectivity index (χ0v) is 16.4. The molecule has 132 valence electrons. The normalized spacial score (nSPS) is 11.4. The smallest absolute Gasteiger partial charge is 0.344 e. The molecule has 1 amide bonds. The molecule has 0 atom stereocenters. The minimum absolute atomic E-state index is 0.0178. The summed E-state index contributed by atoms with van der Waals surface area (Å²) >= 11 is 1.91. The van der Waals surface area contributed by atoms with Gasteiger partial charge in [-0.1, -0.05) is 6.07 Å². The van der Waals surface area contributed by atoms with Crippen molar-refractivity contribution in [1.82, 2.24) is 4.31 Å². The Morgan fingerprint density at radius 3 is 2.40 bits per heavy atom. The van der Waals surface area contributed by atoms with E-state index < -0.39 is 21.9 Å². The number of nitrogens with zero attached hydrogens (tertiary/aromatic N) is 1. The minimum Gasteiger partial charge on any atom is -0.423 e. The molecule has 0 radical (unpaired) electrons. The van der Waals surface area contributed by atoms with E-state index in [2.05, 4.69) is 0 Å². The third-order valence-corrected chi connectivity index (χ3v) is 6.02. The van der Waals surface area contributed by atoms with Crippen molar-refractivity contribution in [3.63, 3.8) is 0 Å². The van der Waals surface area contributed by atoms with E-state index in [0.717, 1.165) is 4.31 Å². The third-order valence-electron chi connectivity index (χ3n) is 3.27. The number of halogens is 1. The highest BCUT2D eigenvalue weighted by Crippen LogP contribution is 2.22. The highest BCUT2D eigenvalue weighted by molar-refractivity contribution is 14.1. The first kappa shape index (κ1) is 19.3. The second-order valence-corrected chi connectivity index (χ2v) is 8.52. The van der Waals surface area contributed by atoms with Crippen LogP contribution in [0, 0.1) is 3.57 Å². The number of benzene rings is 2. The lowest BCUT2D eigenvalue weighted by atomic mass is 10.2. The summed E-state index contributed by atoms with van der Waals surface area (Å²) in [6, 6.07) is 10.1. The molecule has 0 aliphatic heterocycles. The summed E-state index contributed by atoms with van der Waals surface area (Å²) in [5.74, 6) is -1.24. The van der Waals surface area contributed by atoms with Crippen LogP contribution in [0.3, 0.4) is 0 Å². The summed E-state index contributed by atoms with van der Waals surface area (Å²) in [5, 5.41) is 0. The van der Waals surface area contributed by atoms with E-state index in [1.807, 2.05) is 22.6 Å². The van der Waals surface area contributed by atoms with Gasteiger partial charge in [-0.15, -0.1) is 0 Å². The van der Waals surface area contributed by atoms with Gasteiger partial charge in [0.2, 0.25) is 15.9 Å². The quantitative estimate of drug-likeness (QED) is 0.405. The largest absolute Gasteiger partial charge is 0.423 e. The lowest BCUT2D eigenvalue weighted by molar-refractivity contribution is 0.0732. The molecule has 0 fully saturated rings. The van der Waals surface area contributed by atoms with Gasteiger partial charge in [0.15, 0.2) is 0 Å². The lowest BCUT2D eigenvalue weighted by Gasteiger charge is -2.13. The molecule has 25 heavy (non-hydrogen) atoms. The highest BCUT2D eigenvalue weighted by atomic mass is 127. The Bertz CT molecular complexity index is 941. The van der Waals surface area contributed by atoms with Gasteiger partial charge >= 0.3 is 5.97 Å². The van der Waals surface area contributed by atoms with Gasteiger partial charge < -0.3 is 10.5 Å². The molecule has 2 N–H and O–H groups in total. The number of ether oxygens (including phenoxy) is 1. The molecule has 0 unspecified atom stereocenters. The summed E-state index contributed by atoms with van der Waals surface area (Å²) < 4.78 is 31.3. The Morgan fingerprint density at radius 1 is 1.12 bits per heavy atom. The maximum atomic E-state index is 12.4. The van der Waals surface area contributed by atoms with Crippen molar-refractivity contribution in [2.75, 3.05) is 14.1 Å². The van der Waals surface area contributed by atoms with Crippen LogP contribution in [0.15, 0.2) is 47.4 Å². The van der Waals surface area contributed by atoms with Crippen LogP contribution in [-0.4, -0.2) is 38.7 Å². The Morgan fingerprint density at radius 2 is 1.80 bits per heavy atom. The molecule has 0 aromatic heterocycles. The van der Waals surface area contributed by atoms with Crippen LogP contribution >= 0.6 is 22.6 Å². The highest BCUT2D eigenvalue weighted by Gasteiger charge is 2.21. The maximum absolute atomic E-state index is 12.4. The van der Waals surface area contributed by atoms with Gasteiger partial charge in [0.05, 0.1) is 10.5 Å². The first-order valence-corrected chi connectivity index (χ1v) is 9.49. The summed E-state index contributed by atoms with van der Waals surface area (Å²) in [6.07, 6.45) is 0. The second-order valence-electron chi connectivity index (χ2n) is 5.21.